The lowest BCUT2D eigenvalue weighted by molar-refractivity contribution is -0.115. The molecular weight excluding hydrogens is 398 g/mol. The van der Waals surface area contributed by atoms with Crippen molar-refractivity contribution in [3.63, 3.8) is 0 Å². The Morgan fingerprint density at radius 1 is 0.933 bits per heavy atom. The van der Waals surface area contributed by atoms with Gasteiger partial charge >= 0.3 is 0 Å². The molecule has 0 saturated carbocycles. The molecule has 0 aliphatic carbocycles. The van der Waals surface area contributed by atoms with Gasteiger partial charge in [0, 0.05) is 43.4 Å². The molecular formula is C22H19N5O2S. The number of piperazine rings is 1. The zero-order chi connectivity index (χ0) is 20.5. The number of imide groups is 1. The van der Waals surface area contributed by atoms with Crippen molar-refractivity contribution in [3.05, 3.63) is 65.3 Å². The molecule has 2 aromatic carbocycles. The number of rotatable bonds is 3. The van der Waals surface area contributed by atoms with Gasteiger partial charge in [-0.25, -0.2) is 9.97 Å². The smallest absolute Gasteiger partial charge is 0.290 e. The number of benzene rings is 2. The maximum absolute atomic E-state index is 11.8. The molecule has 150 valence electrons. The molecule has 2 saturated heterocycles. The summed E-state index contributed by atoms with van der Waals surface area (Å²) in [5, 5.41) is 4.41. The summed E-state index contributed by atoms with van der Waals surface area (Å²) < 4.78 is 0. The van der Waals surface area contributed by atoms with Crippen LogP contribution in [0.4, 0.5) is 16.4 Å². The lowest BCUT2D eigenvalue weighted by Gasteiger charge is -2.36. The van der Waals surface area contributed by atoms with Crippen LogP contribution in [0.15, 0.2) is 59.6 Å². The summed E-state index contributed by atoms with van der Waals surface area (Å²) in [6.45, 7) is 3.35. The molecule has 2 amide bonds. The molecule has 3 heterocycles. The van der Waals surface area contributed by atoms with Gasteiger partial charge in [0.1, 0.15) is 0 Å². The molecule has 0 radical (unpaired) electrons. The van der Waals surface area contributed by atoms with Gasteiger partial charge in [-0.2, -0.15) is 0 Å². The summed E-state index contributed by atoms with van der Waals surface area (Å²) in [5.74, 6) is 0.255. The molecule has 3 aromatic rings. The van der Waals surface area contributed by atoms with Crippen molar-refractivity contribution < 1.29 is 9.59 Å². The first-order chi connectivity index (χ1) is 14.7. The van der Waals surface area contributed by atoms with Crippen molar-refractivity contribution in [1.29, 1.82) is 0 Å². The van der Waals surface area contributed by atoms with Crippen LogP contribution < -0.4 is 15.1 Å². The number of fused-ring (bicyclic) bond motifs is 1. The SMILES string of the molecule is O=C1NC(=O)/C(=C/c2ccnc(N3CCN(c4cccc5ccccc45)CC3)n2)S1. The zero-order valence-electron chi connectivity index (χ0n) is 16.1. The van der Waals surface area contributed by atoms with E-state index < -0.39 is 0 Å². The Hall–Kier alpha value is -3.39. The highest BCUT2D eigenvalue weighted by molar-refractivity contribution is 8.18. The lowest BCUT2D eigenvalue weighted by atomic mass is 10.1. The first-order valence-corrected chi connectivity index (χ1v) is 10.5. The quantitative estimate of drug-likeness (QED) is 0.655. The Morgan fingerprint density at radius 3 is 2.50 bits per heavy atom. The molecule has 1 N–H and O–H groups in total. The normalized spacial score (nSPS) is 18.3. The van der Waals surface area contributed by atoms with E-state index in [-0.39, 0.29) is 11.1 Å². The van der Waals surface area contributed by atoms with Gasteiger partial charge in [0.2, 0.25) is 5.95 Å². The highest BCUT2D eigenvalue weighted by Crippen LogP contribution is 2.28. The standard InChI is InChI=1S/C22H19N5O2S/c28-20-19(30-22(29)25-20)14-16-8-9-23-21(24-16)27-12-10-26(11-13-27)18-7-3-5-15-4-1-2-6-17(15)18/h1-9,14H,10-13H2,(H,25,28,29)/b19-14-. The van der Waals surface area contributed by atoms with E-state index >= 15 is 0 Å². The summed E-state index contributed by atoms with van der Waals surface area (Å²) in [7, 11) is 0. The largest absolute Gasteiger partial charge is 0.367 e. The first kappa shape index (κ1) is 18.6. The van der Waals surface area contributed by atoms with Crippen molar-refractivity contribution in [3.8, 4) is 0 Å². The summed E-state index contributed by atoms with van der Waals surface area (Å²) in [6, 6.07) is 16.6. The third-order valence-electron chi connectivity index (χ3n) is 5.26. The second-order valence-corrected chi connectivity index (χ2v) is 8.12. The Bertz CT molecular complexity index is 1170. The average Bonchev–Trinajstić information content (AvgIpc) is 3.10. The third-order valence-corrected chi connectivity index (χ3v) is 6.07. The highest BCUT2D eigenvalue weighted by Gasteiger charge is 2.25. The fourth-order valence-electron chi connectivity index (χ4n) is 3.78. The molecule has 2 fully saturated rings. The molecule has 2 aliphatic heterocycles. The Morgan fingerprint density at radius 2 is 1.70 bits per heavy atom. The first-order valence-electron chi connectivity index (χ1n) is 9.73. The van der Waals surface area contributed by atoms with Gasteiger partial charge in [-0.15, -0.1) is 0 Å². The van der Waals surface area contributed by atoms with Gasteiger partial charge in [-0.1, -0.05) is 36.4 Å². The highest BCUT2D eigenvalue weighted by atomic mass is 32.2. The number of hydrogen-bond acceptors (Lipinski definition) is 7. The second-order valence-electron chi connectivity index (χ2n) is 7.11. The van der Waals surface area contributed by atoms with Crippen LogP contribution in [0.2, 0.25) is 0 Å². The van der Waals surface area contributed by atoms with Crippen molar-refractivity contribution >= 4 is 51.4 Å². The zero-order valence-corrected chi connectivity index (χ0v) is 16.9. The maximum atomic E-state index is 11.8. The van der Waals surface area contributed by atoms with E-state index in [9.17, 15) is 9.59 Å². The molecule has 1 aromatic heterocycles. The number of thioether (sulfide) groups is 1. The minimum Gasteiger partial charge on any atom is -0.367 e. The lowest BCUT2D eigenvalue weighted by Crippen LogP contribution is -2.47. The van der Waals surface area contributed by atoms with E-state index in [1.54, 1.807) is 18.3 Å². The molecule has 0 atom stereocenters. The van der Waals surface area contributed by atoms with E-state index in [0.29, 0.717) is 16.5 Å². The predicted molar refractivity (Wildman–Crippen MR) is 120 cm³/mol. The maximum Gasteiger partial charge on any atom is 0.290 e. The molecule has 2 aliphatic rings. The van der Waals surface area contributed by atoms with E-state index in [0.717, 1.165) is 37.9 Å². The van der Waals surface area contributed by atoms with Gasteiger partial charge in [0.25, 0.3) is 11.1 Å². The van der Waals surface area contributed by atoms with Gasteiger partial charge in [0.05, 0.1) is 10.6 Å². The van der Waals surface area contributed by atoms with Crippen LogP contribution in [0.5, 0.6) is 0 Å². The van der Waals surface area contributed by atoms with E-state index in [1.807, 2.05) is 0 Å². The number of nitrogens with zero attached hydrogens (tertiary/aromatic N) is 4. The topological polar surface area (TPSA) is 78.4 Å². The summed E-state index contributed by atoms with van der Waals surface area (Å²) in [4.78, 5) is 37.0. The number of anilines is 2. The molecule has 7 nitrogen and oxygen atoms in total. The number of amides is 2. The average molecular weight is 417 g/mol. The molecule has 0 bridgehead atoms. The van der Waals surface area contributed by atoms with Crippen LogP contribution in [0.25, 0.3) is 16.8 Å². The van der Waals surface area contributed by atoms with Gasteiger partial charge in [-0.3, -0.25) is 14.9 Å². The van der Waals surface area contributed by atoms with Crippen molar-refractivity contribution in [2.45, 2.75) is 0 Å². The number of aromatic nitrogens is 2. The van der Waals surface area contributed by atoms with E-state index in [1.165, 1.54) is 16.5 Å². The van der Waals surface area contributed by atoms with E-state index in [2.05, 4.69) is 67.5 Å². The van der Waals surface area contributed by atoms with Crippen molar-refractivity contribution in [2.75, 3.05) is 36.0 Å². The second kappa shape index (κ2) is 7.79. The Labute approximate surface area is 177 Å². The fourth-order valence-corrected chi connectivity index (χ4v) is 4.45. The Kier molecular flexibility index (Phi) is 4.84. The van der Waals surface area contributed by atoms with Crippen molar-refractivity contribution in [2.24, 2.45) is 0 Å². The van der Waals surface area contributed by atoms with Crippen LogP contribution >= 0.6 is 11.8 Å². The molecule has 0 spiro atoms. The Balaban J connectivity index is 1.32. The molecule has 8 heteroatoms. The summed E-state index contributed by atoms with van der Waals surface area (Å²) >= 11 is 0.890. The van der Waals surface area contributed by atoms with Crippen LogP contribution in [-0.2, 0) is 4.79 Å². The fraction of sp³-hybridized carbons (Fsp3) is 0.182. The van der Waals surface area contributed by atoms with Gasteiger partial charge < -0.3 is 9.80 Å². The molecule has 0 unspecified atom stereocenters. The van der Waals surface area contributed by atoms with Crippen LogP contribution in [0, 0.1) is 0 Å². The van der Waals surface area contributed by atoms with Crippen molar-refractivity contribution in [1.82, 2.24) is 15.3 Å². The van der Waals surface area contributed by atoms with Gasteiger partial charge in [0.15, 0.2) is 0 Å². The minimum atomic E-state index is -0.381. The summed E-state index contributed by atoms with van der Waals surface area (Å²) in [5.41, 5.74) is 1.87. The van der Waals surface area contributed by atoms with Crippen LogP contribution in [-0.4, -0.2) is 47.3 Å². The number of hydrogen-bond donors (Lipinski definition) is 1. The summed E-state index contributed by atoms with van der Waals surface area (Å²) in [6.07, 6.45) is 3.31. The predicted octanol–water partition coefficient (Wildman–Crippen LogP) is 3.28. The minimum absolute atomic E-state index is 0.352. The monoisotopic (exact) mass is 417 g/mol. The number of nitrogens with one attached hydrogen (secondary N) is 1. The van der Waals surface area contributed by atoms with E-state index in [4.69, 9.17) is 0 Å². The number of carbonyl (C=O) groups is 2. The third kappa shape index (κ3) is 3.61. The molecule has 5 rings (SSSR count). The number of carbonyl (C=O) groups excluding carboxylic acids is 2. The van der Waals surface area contributed by atoms with Crippen LogP contribution in [0.3, 0.4) is 0 Å². The van der Waals surface area contributed by atoms with Crippen LogP contribution in [0.1, 0.15) is 5.69 Å². The molecule has 30 heavy (non-hydrogen) atoms. The van der Waals surface area contributed by atoms with Gasteiger partial charge in [-0.05, 0) is 35.4 Å².